The van der Waals surface area contributed by atoms with Gasteiger partial charge in [0.1, 0.15) is 0 Å². The summed E-state index contributed by atoms with van der Waals surface area (Å²) in [6.07, 6.45) is 2.87. The summed E-state index contributed by atoms with van der Waals surface area (Å²) in [6, 6.07) is 3.70. The first-order chi connectivity index (χ1) is 9.31. The average Bonchev–Trinajstić information content (AvgIpc) is 2.46. The maximum Gasteiger partial charge on any atom is 0.224 e. The lowest BCUT2D eigenvalue weighted by atomic mass is 10.2. The summed E-state index contributed by atoms with van der Waals surface area (Å²) in [4.78, 5) is 18.3. The van der Waals surface area contributed by atoms with Crippen LogP contribution in [0.2, 0.25) is 0 Å². The SMILES string of the molecule is Cl.Cl.NCCCC(=O)Nc1cccnc1N1CCOCC1. The van der Waals surface area contributed by atoms with Crippen molar-refractivity contribution < 1.29 is 9.53 Å². The first kappa shape index (κ1) is 19.9. The molecular weight excluding hydrogens is 315 g/mol. The van der Waals surface area contributed by atoms with Crippen molar-refractivity contribution in [2.45, 2.75) is 12.8 Å². The van der Waals surface area contributed by atoms with E-state index < -0.39 is 0 Å². The number of nitrogens with zero attached hydrogens (tertiary/aromatic N) is 2. The second-order valence-corrected chi connectivity index (χ2v) is 4.41. The first-order valence-corrected chi connectivity index (χ1v) is 6.59. The number of carbonyl (C=O) groups is 1. The number of pyridine rings is 1. The summed E-state index contributed by atoms with van der Waals surface area (Å²) in [5, 5.41) is 2.90. The van der Waals surface area contributed by atoms with E-state index in [4.69, 9.17) is 10.5 Å². The van der Waals surface area contributed by atoms with Gasteiger partial charge in [0.15, 0.2) is 5.82 Å². The van der Waals surface area contributed by atoms with Gasteiger partial charge >= 0.3 is 0 Å². The standard InChI is InChI=1S/C13H20N4O2.2ClH/c14-5-1-4-12(18)16-11-3-2-6-15-13(11)17-7-9-19-10-8-17;;/h2-3,6H,1,4-5,7-10,14H2,(H,16,18);2*1H. The van der Waals surface area contributed by atoms with Crippen molar-refractivity contribution in [1.29, 1.82) is 0 Å². The minimum Gasteiger partial charge on any atom is -0.378 e. The number of amides is 1. The summed E-state index contributed by atoms with van der Waals surface area (Å²) >= 11 is 0. The molecule has 8 heteroatoms. The highest BCUT2D eigenvalue weighted by atomic mass is 35.5. The smallest absolute Gasteiger partial charge is 0.224 e. The largest absolute Gasteiger partial charge is 0.378 e. The van der Waals surface area contributed by atoms with E-state index in [9.17, 15) is 4.79 Å². The quantitative estimate of drug-likeness (QED) is 0.850. The summed E-state index contributed by atoms with van der Waals surface area (Å²) in [5.41, 5.74) is 6.16. The highest BCUT2D eigenvalue weighted by Gasteiger charge is 2.16. The number of rotatable bonds is 5. The molecule has 3 N–H and O–H groups in total. The van der Waals surface area contributed by atoms with Gasteiger partial charge in [-0.1, -0.05) is 0 Å². The Kier molecular flexibility index (Phi) is 10.1. The number of ether oxygens (including phenoxy) is 1. The molecule has 2 heterocycles. The van der Waals surface area contributed by atoms with Crippen LogP contribution in [0.4, 0.5) is 11.5 Å². The zero-order valence-electron chi connectivity index (χ0n) is 11.8. The molecule has 0 aromatic carbocycles. The summed E-state index contributed by atoms with van der Waals surface area (Å²) in [6.45, 7) is 3.50. The third-order valence-electron chi connectivity index (χ3n) is 2.98. The molecule has 0 bridgehead atoms. The molecule has 0 radical (unpaired) electrons. The molecule has 21 heavy (non-hydrogen) atoms. The van der Waals surface area contributed by atoms with Gasteiger partial charge in [0.05, 0.1) is 18.9 Å². The van der Waals surface area contributed by atoms with E-state index in [0.717, 1.165) is 24.6 Å². The predicted molar refractivity (Wildman–Crippen MR) is 88.7 cm³/mol. The molecular formula is C13H22Cl2N4O2. The average molecular weight is 337 g/mol. The molecule has 1 aliphatic heterocycles. The Hall–Kier alpha value is -1.08. The lowest BCUT2D eigenvalue weighted by Crippen LogP contribution is -2.37. The van der Waals surface area contributed by atoms with Crippen LogP contribution in [0.3, 0.4) is 0 Å². The van der Waals surface area contributed by atoms with Crippen molar-refractivity contribution in [2.24, 2.45) is 5.73 Å². The van der Waals surface area contributed by atoms with Gasteiger partial charge in [-0.05, 0) is 25.1 Å². The molecule has 1 aliphatic rings. The van der Waals surface area contributed by atoms with E-state index in [-0.39, 0.29) is 30.7 Å². The zero-order valence-corrected chi connectivity index (χ0v) is 13.4. The maximum absolute atomic E-state index is 11.8. The van der Waals surface area contributed by atoms with Crippen LogP contribution in [0.25, 0.3) is 0 Å². The normalized spacial score (nSPS) is 13.9. The minimum absolute atomic E-state index is 0. The van der Waals surface area contributed by atoms with E-state index >= 15 is 0 Å². The Bertz CT molecular complexity index is 428. The van der Waals surface area contributed by atoms with Gasteiger partial charge in [0.25, 0.3) is 0 Å². The Morgan fingerprint density at radius 2 is 2.10 bits per heavy atom. The maximum atomic E-state index is 11.8. The molecule has 6 nitrogen and oxygen atoms in total. The molecule has 2 rings (SSSR count). The Morgan fingerprint density at radius 3 is 2.76 bits per heavy atom. The van der Waals surface area contributed by atoms with E-state index in [2.05, 4.69) is 15.2 Å². The van der Waals surface area contributed by atoms with Crippen LogP contribution in [-0.2, 0) is 9.53 Å². The number of nitrogens with two attached hydrogens (primary N) is 1. The van der Waals surface area contributed by atoms with E-state index in [1.54, 1.807) is 6.20 Å². The topological polar surface area (TPSA) is 80.5 Å². The third kappa shape index (κ3) is 6.05. The van der Waals surface area contributed by atoms with Crippen molar-refractivity contribution in [2.75, 3.05) is 43.1 Å². The Morgan fingerprint density at radius 1 is 1.38 bits per heavy atom. The molecule has 1 saturated heterocycles. The molecule has 0 spiro atoms. The van der Waals surface area contributed by atoms with E-state index in [0.29, 0.717) is 32.6 Å². The molecule has 1 aromatic heterocycles. The van der Waals surface area contributed by atoms with Crippen LogP contribution in [0.1, 0.15) is 12.8 Å². The van der Waals surface area contributed by atoms with Crippen molar-refractivity contribution in [1.82, 2.24) is 4.98 Å². The van der Waals surface area contributed by atoms with E-state index in [1.165, 1.54) is 0 Å². The highest BCUT2D eigenvalue weighted by molar-refractivity contribution is 5.93. The second kappa shape index (κ2) is 10.6. The van der Waals surface area contributed by atoms with Gasteiger partial charge in [-0.3, -0.25) is 4.79 Å². The number of halogens is 2. The van der Waals surface area contributed by atoms with Crippen LogP contribution in [0.5, 0.6) is 0 Å². The van der Waals surface area contributed by atoms with Crippen LogP contribution in [-0.4, -0.2) is 43.7 Å². The van der Waals surface area contributed by atoms with Crippen LogP contribution in [0.15, 0.2) is 18.3 Å². The lowest BCUT2D eigenvalue weighted by Gasteiger charge is -2.29. The number of hydrogen-bond acceptors (Lipinski definition) is 5. The van der Waals surface area contributed by atoms with Crippen molar-refractivity contribution >= 4 is 42.2 Å². The lowest BCUT2D eigenvalue weighted by molar-refractivity contribution is -0.116. The number of nitrogens with one attached hydrogen (secondary N) is 1. The fourth-order valence-corrected chi connectivity index (χ4v) is 2.00. The second-order valence-electron chi connectivity index (χ2n) is 4.41. The fraction of sp³-hybridized carbons (Fsp3) is 0.538. The van der Waals surface area contributed by atoms with Gasteiger partial charge in [-0.25, -0.2) is 4.98 Å². The monoisotopic (exact) mass is 336 g/mol. The Labute approximate surface area is 137 Å². The van der Waals surface area contributed by atoms with Gasteiger partial charge in [0.2, 0.25) is 5.91 Å². The van der Waals surface area contributed by atoms with Crippen LogP contribution >= 0.6 is 24.8 Å². The van der Waals surface area contributed by atoms with Crippen molar-refractivity contribution in [3.8, 4) is 0 Å². The first-order valence-electron chi connectivity index (χ1n) is 6.59. The molecule has 0 aliphatic carbocycles. The number of morpholine rings is 1. The molecule has 1 aromatic rings. The minimum atomic E-state index is -0.0204. The van der Waals surface area contributed by atoms with Gasteiger partial charge in [0, 0.05) is 25.7 Å². The summed E-state index contributed by atoms with van der Waals surface area (Å²) in [5.74, 6) is 0.792. The van der Waals surface area contributed by atoms with Crippen LogP contribution in [0, 0.1) is 0 Å². The summed E-state index contributed by atoms with van der Waals surface area (Å²) in [7, 11) is 0. The highest BCUT2D eigenvalue weighted by Crippen LogP contribution is 2.23. The predicted octanol–water partition coefficient (Wildman–Crippen LogP) is 1.44. The van der Waals surface area contributed by atoms with Crippen molar-refractivity contribution in [3.05, 3.63) is 18.3 Å². The number of carbonyl (C=O) groups excluding carboxylic acids is 1. The fourth-order valence-electron chi connectivity index (χ4n) is 2.00. The molecule has 1 fully saturated rings. The van der Waals surface area contributed by atoms with E-state index in [1.807, 2.05) is 12.1 Å². The number of aromatic nitrogens is 1. The van der Waals surface area contributed by atoms with Crippen LogP contribution < -0.4 is 16.0 Å². The van der Waals surface area contributed by atoms with Gasteiger partial charge < -0.3 is 20.7 Å². The van der Waals surface area contributed by atoms with Crippen molar-refractivity contribution in [3.63, 3.8) is 0 Å². The Balaban J connectivity index is 0.00000200. The summed E-state index contributed by atoms with van der Waals surface area (Å²) < 4.78 is 5.32. The molecule has 1 amide bonds. The van der Waals surface area contributed by atoms with Gasteiger partial charge in [-0.15, -0.1) is 24.8 Å². The molecule has 0 atom stereocenters. The number of anilines is 2. The zero-order chi connectivity index (χ0) is 13.5. The van der Waals surface area contributed by atoms with Gasteiger partial charge in [-0.2, -0.15) is 0 Å². The molecule has 0 saturated carbocycles. The molecule has 0 unspecified atom stereocenters. The number of hydrogen-bond donors (Lipinski definition) is 2. The third-order valence-corrected chi connectivity index (χ3v) is 2.98. The molecule has 120 valence electrons.